The molecule has 0 aromatic heterocycles. The van der Waals surface area contributed by atoms with Crippen LogP contribution in [0.2, 0.25) is 5.02 Å². The predicted molar refractivity (Wildman–Crippen MR) is 66.6 cm³/mol. The minimum Gasteiger partial charge on any atom is -0.303 e. The van der Waals surface area contributed by atoms with Crippen LogP contribution in [0.5, 0.6) is 0 Å². The van der Waals surface area contributed by atoms with Crippen molar-refractivity contribution in [3.8, 4) is 0 Å². The zero-order valence-electron chi connectivity index (χ0n) is 9.04. The number of nitrogens with zero attached hydrogens (tertiary/aromatic N) is 1. The number of hydrogen-bond acceptors (Lipinski definition) is 4. The van der Waals surface area contributed by atoms with Gasteiger partial charge in [0.1, 0.15) is 5.71 Å². The quantitative estimate of drug-likeness (QED) is 0.625. The van der Waals surface area contributed by atoms with Gasteiger partial charge < -0.3 is 5.41 Å². The molecule has 0 atom stereocenters. The Hall–Kier alpha value is -1.68. The fraction of sp³-hybridized carbons (Fsp3) is 0.182. The molecule has 0 unspecified atom stereocenters. The Morgan fingerprint density at radius 2 is 1.88 bits per heavy atom. The molecule has 0 fully saturated rings. The Morgan fingerprint density at radius 1 is 1.31 bits per heavy atom. The van der Waals surface area contributed by atoms with E-state index >= 15 is 0 Å². The third-order valence-corrected chi connectivity index (χ3v) is 2.08. The van der Waals surface area contributed by atoms with Crippen LogP contribution in [0.15, 0.2) is 29.4 Å². The van der Waals surface area contributed by atoms with Crippen LogP contribution in [-0.4, -0.2) is 17.2 Å². The van der Waals surface area contributed by atoms with Gasteiger partial charge in [0.15, 0.2) is 5.78 Å². The smallest absolute Gasteiger partial charge is 0.181 e. The fourth-order valence-electron chi connectivity index (χ4n) is 1.07. The highest BCUT2D eigenvalue weighted by Crippen LogP contribution is 2.13. The summed E-state index contributed by atoms with van der Waals surface area (Å²) in [7, 11) is 0. The lowest BCUT2D eigenvalue weighted by atomic mass is 10.2. The van der Waals surface area contributed by atoms with Crippen LogP contribution in [-0.2, 0) is 4.79 Å². The molecule has 1 aromatic rings. The Balaban J connectivity index is 2.81. The molecule has 0 bridgehead atoms. The van der Waals surface area contributed by atoms with Crippen LogP contribution in [0.3, 0.4) is 0 Å². The van der Waals surface area contributed by atoms with Crippen molar-refractivity contribution in [2.45, 2.75) is 13.8 Å². The van der Waals surface area contributed by atoms with Crippen molar-refractivity contribution in [3.63, 3.8) is 0 Å². The van der Waals surface area contributed by atoms with Gasteiger partial charge in [-0.2, -0.15) is 5.10 Å². The lowest BCUT2D eigenvalue weighted by molar-refractivity contribution is -0.110. The first kappa shape index (κ1) is 12.4. The molecule has 0 aliphatic carbocycles. The van der Waals surface area contributed by atoms with Gasteiger partial charge in [0, 0.05) is 11.9 Å². The molecule has 2 N–H and O–H groups in total. The largest absolute Gasteiger partial charge is 0.303 e. The highest BCUT2D eigenvalue weighted by atomic mass is 35.5. The van der Waals surface area contributed by atoms with Gasteiger partial charge in [0.05, 0.1) is 11.4 Å². The van der Waals surface area contributed by atoms with E-state index in [2.05, 4.69) is 10.5 Å². The number of carbonyl (C=O) groups excluding carboxylic acids is 1. The number of hydrazone groups is 1. The van der Waals surface area contributed by atoms with Crippen LogP contribution >= 0.6 is 11.6 Å². The van der Waals surface area contributed by atoms with Gasteiger partial charge in [-0.05, 0) is 31.2 Å². The lowest BCUT2D eigenvalue weighted by Crippen LogP contribution is -2.19. The predicted octanol–water partition coefficient (Wildman–Crippen LogP) is 2.74. The number of benzene rings is 1. The molecular formula is C11H12ClN3O. The minimum absolute atomic E-state index is 0.120. The van der Waals surface area contributed by atoms with Gasteiger partial charge in [-0.1, -0.05) is 11.6 Å². The molecule has 0 aliphatic rings. The van der Waals surface area contributed by atoms with Crippen molar-refractivity contribution in [2.75, 3.05) is 5.43 Å². The summed E-state index contributed by atoms with van der Waals surface area (Å²) in [5.41, 5.74) is 3.67. The number of hydrogen-bond donors (Lipinski definition) is 2. The summed E-state index contributed by atoms with van der Waals surface area (Å²) in [6, 6.07) is 6.90. The Morgan fingerprint density at radius 3 is 2.31 bits per heavy atom. The number of nitrogens with one attached hydrogen (secondary N) is 2. The molecule has 0 amide bonds. The van der Waals surface area contributed by atoms with E-state index in [1.165, 1.54) is 13.8 Å². The molecule has 0 spiro atoms. The third kappa shape index (κ3) is 3.47. The standard InChI is InChI=1S/C11H12ClN3O/c1-7(13)11(8(2)16)15-14-10-5-3-9(12)4-6-10/h3-6,13-14H,1-2H3/b13-7?,15-11-. The highest BCUT2D eigenvalue weighted by molar-refractivity contribution is 6.66. The molecule has 0 radical (unpaired) electrons. The fourth-order valence-corrected chi connectivity index (χ4v) is 1.20. The number of rotatable bonds is 4. The van der Waals surface area contributed by atoms with Crippen molar-refractivity contribution in [2.24, 2.45) is 5.10 Å². The second-order valence-corrected chi connectivity index (χ2v) is 3.70. The average molecular weight is 238 g/mol. The van der Waals surface area contributed by atoms with E-state index in [1.807, 2.05) is 0 Å². The number of carbonyl (C=O) groups is 1. The van der Waals surface area contributed by atoms with Gasteiger partial charge in [0.2, 0.25) is 0 Å². The number of Topliss-reactive ketones (excluding diaryl/α,β-unsaturated/α-hetero) is 1. The normalized spacial score (nSPS) is 11.1. The number of ketones is 1. The van der Waals surface area contributed by atoms with Gasteiger partial charge in [0.25, 0.3) is 0 Å². The summed E-state index contributed by atoms with van der Waals surface area (Å²) in [4.78, 5) is 11.1. The summed E-state index contributed by atoms with van der Waals surface area (Å²) in [5.74, 6) is -0.242. The first-order valence-corrected chi connectivity index (χ1v) is 5.04. The second kappa shape index (κ2) is 5.42. The van der Waals surface area contributed by atoms with E-state index in [-0.39, 0.29) is 17.2 Å². The van der Waals surface area contributed by atoms with E-state index in [1.54, 1.807) is 24.3 Å². The summed E-state index contributed by atoms with van der Waals surface area (Å²) in [5, 5.41) is 11.9. The van der Waals surface area contributed by atoms with Gasteiger partial charge in [-0.25, -0.2) is 0 Å². The zero-order chi connectivity index (χ0) is 12.1. The number of anilines is 1. The highest BCUT2D eigenvalue weighted by Gasteiger charge is 2.07. The summed E-state index contributed by atoms with van der Waals surface area (Å²) in [6.07, 6.45) is 0. The first-order chi connectivity index (χ1) is 7.50. The molecule has 0 saturated carbocycles. The molecule has 0 heterocycles. The third-order valence-electron chi connectivity index (χ3n) is 1.83. The van der Waals surface area contributed by atoms with Gasteiger partial charge >= 0.3 is 0 Å². The van der Waals surface area contributed by atoms with Crippen molar-refractivity contribution in [1.29, 1.82) is 5.41 Å². The lowest BCUT2D eigenvalue weighted by Gasteiger charge is -2.03. The van der Waals surface area contributed by atoms with Crippen LogP contribution in [0.1, 0.15) is 13.8 Å². The van der Waals surface area contributed by atoms with Crippen molar-refractivity contribution < 1.29 is 4.79 Å². The van der Waals surface area contributed by atoms with Gasteiger partial charge in [-0.15, -0.1) is 0 Å². The van der Waals surface area contributed by atoms with Crippen LogP contribution in [0.25, 0.3) is 0 Å². The monoisotopic (exact) mass is 237 g/mol. The maximum Gasteiger partial charge on any atom is 0.181 e. The van der Waals surface area contributed by atoms with Crippen LogP contribution in [0, 0.1) is 5.41 Å². The summed E-state index contributed by atoms with van der Waals surface area (Å²) in [6.45, 7) is 2.89. The molecule has 4 nitrogen and oxygen atoms in total. The molecule has 16 heavy (non-hydrogen) atoms. The molecule has 1 aromatic carbocycles. The summed E-state index contributed by atoms with van der Waals surface area (Å²) < 4.78 is 0. The maximum absolute atomic E-state index is 11.1. The number of halogens is 1. The molecule has 1 rings (SSSR count). The SMILES string of the molecule is CC(=N)/C(=N/Nc1ccc(Cl)cc1)C(C)=O. The van der Waals surface area contributed by atoms with Crippen molar-refractivity contribution in [3.05, 3.63) is 29.3 Å². The Kier molecular flexibility index (Phi) is 4.19. The van der Waals surface area contributed by atoms with E-state index in [9.17, 15) is 4.79 Å². The average Bonchev–Trinajstić information content (AvgIpc) is 2.20. The molecule has 0 saturated heterocycles. The van der Waals surface area contributed by atoms with Crippen molar-refractivity contribution >= 4 is 34.5 Å². The maximum atomic E-state index is 11.1. The molecule has 5 heteroatoms. The van der Waals surface area contributed by atoms with Gasteiger partial charge in [-0.3, -0.25) is 10.2 Å². The van der Waals surface area contributed by atoms with E-state index in [0.717, 1.165) is 0 Å². The molecular weight excluding hydrogens is 226 g/mol. The topological polar surface area (TPSA) is 65.3 Å². The molecule has 84 valence electrons. The van der Waals surface area contributed by atoms with E-state index in [4.69, 9.17) is 17.0 Å². The molecule has 0 aliphatic heterocycles. The van der Waals surface area contributed by atoms with Crippen LogP contribution < -0.4 is 5.43 Å². The summed E-state index contributed by atoms with van der Waals surface area (Å²) >= 11 is 5.72. The minimum atomic E-state index is -0.242. The Bertz CT molecular complexity index is 421. The van der Waals surface area contributed by atoms with Crippen LogP contribution in [0.4, 0.5) is 5.69 Å². The zero-order valence-corrected chi connectivity index (χ0v) is 9.80. The van der Waals surface area contributed by atoms with Crippen molar-refractivity contribution in [1.82, 2.24) is 0 Å². The second-order valence-electron chi connectivity index (χ2n) is 3.26. The first-order valence-electron chi connectivity index (χ1n) is 4.66. The van der Waals surface area contributed by atoms with E-state index < -0.39 is 0 Å². The van der Waals surface area contributed by atoms with E-state index in [0.29, 0.717) is 10.7 Å². The Labute approximate surface area is 98.8 Å².